The molecular formula is C17H23NO4. The van der Waals surface area contributed by atoms with Crippen LogP contribution in [0.3, 0.4) is 0 Å². The van der Waals surface area contributed by atoms with Crippen LogP contribution < -0.4 is 5.32 Å². The molecule has 1 aromatic carbocycles. The quantitative estimate of drug-likeness (QED) is 0.847. The van der Waals surface area contributed by atoms with Crippen LogP contribution in [0.5, 0.6) is 0 Å². The second-order valence-corrected chi connectivity index (χ2v) is 5.71. The fourth-order valence-corrected chi connectivity index (χ4v) is 2.70. The maximum absolute atomic E-state index is 12.3. The topological polar surface area (TPSA) is 75.6 Å². The monoisotopic (exact) mass is 305 g/mol. The van der Waals surface area contributed by atoms with Crippen LogP contribution >= 0.6 is 0 Å². The van der Waals surface area contributed by atoms with E-state index in [2.05, 4.69) is 12.2 Å². The largest absolute Gasteiger partial charge is 0.481 e. The Morgan fingerprint density at radius 1 is 1.41 bits per heavy atom. The fourth-order valence-electron chi connectivity index (χ4n) is 2.70. The Morgan fingerprint density at radius 2 is 2.23 bits per heavy atom. The molecule has 5 nitrogen and oxygen atoms in total. The molecular weight excluding hydrogens is 282 g/mol. The standard InChI is InChI=1S/C17H23NO4/c1-2-15-11-13(8-9-22-15)17(21)18-14-5-3-4-12(10-14)6-7-16(19)20/h3-5,10,13,15H,2,6-9,11H2,1H3,(H,18,21)(H,19,20). The molecule has 0 aliphatic carbocycles. The van der Waals surface area contributed by atoms with Gasteiger partial charge in [0.2, 0.25) is 5.91 Å². The van der Waals surface area contributed by atoms with Crippen molar-refractivity contribution in [1.82, 2.24) is 0 Å². The average Bonchev–Trinajstić information content (AvgIpc) is 2.53. The zero-order valence-corrected chi connectivity index (χ0v) is 12.9. The van der Waals surface area contributed by atoms with Gasteiger partial charge in [-0.2, -0.15) is 0 Å². The summed E-state index contributed by atoms with van der Waals surface area (Å²) in [6.07, 6.45) is 3.17. The van der Waals surface area contributed by atoms with Crippen molar-refractivity contribution in [2.75, 3.05) is 11.9 Å². The lowest BCUT2D eigenvalue weighted by Crippen LogP contribution is -2.33. The summed E-state index contributed by atoms with van der Waals surface area (Å²) in [6, 6.07) is 7.39. The van der Waals surface area contributed by atoms with Gasteiger partial charge in [0.05, 0.1) is 6.10 Å². The van der Waals surface area contributed by atoms with Crippen LogP contribution in [-0.2, 0) is 20.7 Å². The molecule has 1 aliphatic heterocycles. The number of ether oxygens (including phenoxy) is 1. The molecule has 1 aromatic rings. The van der Waals surface area contributed by atoms with Gasteiger partial charge < -0.3 is 15.2 Å². The van der Waals surface area contributed by atoms with Gasteiger partial charge in [0, 0.05) is 24.6 Å². The van der Waals surface area contributed by atoms with E-state index in [1.807, 2.05) is 24.3 Å². The molecule has 5 heteroatoms. The van der Waals surface area contributed by atoms with Gasteiger partial charge in [0.25, 0.3) is 0 Å². The van der Waals surface area contributed by atoms with Gasteiger partial charge in [0.1, 0.15) is 0 Å². The number of rotatable bonds is 6. The highest BCUT2D eigenvalue weighted by Gasteiger charge is 2.26. The van der Waals surface area contributed by atoms with Crippen molar-refractivity contribution in [2.24, 2.45) is 5.92 Å². The van der Waals surface area contributed by atoms with Crippen molar-refractivity contribution in [1.29, 1.82) is 0 Å². The first-order valence-corrected chi connectivity index (χ1v) is 7.81. The van der Waals surface area contributed by atoms with E-state index in [1.54, 1.807) is 0 Å². The molecule has 1 heterocycles. The highest BCUT2D eigenvalue weighted by atomic mass is 16.5. The summed E-state index contributed by atoms with van der Waals surface area (Å²) in [5.74, 6) is -0.805. The fraction of sp³-hybridized carbons (Fsp3) is 0.529. The number of hydrogen-bond donors (Lipinski definition) is 2. The van der Waals surface area contributed by atoms with Crippen LogP contribution in [0.15, 0.2) is 24.3 Å². The molecule has 1 saturated heterocycles. The second-order valence-electron chi connectivity index (χ2n) is 5.71. The lowest BCUT2D eigenvalue weighted by molar-refractivity contribution is -0.137. The number of carboxylic acids is 1. The van der Waals surface area contributed by atoms with Gasteiger partial charge in [0.15, 0.2) is 0 Å². The molecule has 0 radical (unpaired) electrons. The zero-order chi connectivity index (χ0) is 15.9. The molecule has 22 heavy (non-hydrogen) atoms. The van der Waals surface area contributed by atoms with E-state index in [4.69, 9.17) is 9.84 Å². The number of carboxylic acid groups (broad SMARTS) is 1. The van der Waals surface area contributed by atoms with Crippen molar-refractivity contribution in [3.63, 3.8) is 0 Å². The number of aliphatic carboxylic acids is 1. The molecule has 120 valence electrons. The number of aryl methyl sites for hydroxylation is 1. The number of nitrogens with one attached hydrogen (secondary N) is 1. The third-order valence-corrected chi connectivity index (χ3v) is 4.02. The summed E-state index contributed by atoms with van der Waals surface area (Å²) in [6.45, 7) is 2.70. The Kier molecular flexibility index (Phi) is 5.95. The number of benzene rings is 1. The number of carbonyl (C=O) groups is 2. The van der Waals surface area contributed by atoms with Crippen molar-refractivity contribution >= 4 is 17.6 Å². The van der Waals surface area contributed by atoms with Crippen molar-refractivity contribution in [3.05, 3.63) is 29.8 Å². The summed E-state index contributed by atoms with van der Waals surface area (Å²) >= 11 is 0. The van der Waals surface area contributed by atoms with Crippen LogP contribution in [0.2, 0.25) is 0 Å². The highest BCUT2D eigenvalue weighted by molar-refractivity contribution is 5.92. The van der Waals surface area contributed by atoms with Crippen LogP contribution in [0.4, 0.5) is 5.69 Å². The van der Waals surface area contributed by atoms with E-state index < -0.39 is 5.97 Å². The maximum Gasteiger partial charge on any atom is 0.303 e. The molecule has 0 aromatic heterocycles. The molecule has 0 bridgehead atoms. The Morgan fingerprint density at radius 3 is 2.95 bits per heavy atom. The normalized spacial score (nSPS) is 21.3. The van der Waals surface area contributed by atoms with Crippen LogP contribution in [0, 0.1) is 5.92 Å². The number of anilines is 1. The molecule has 2 atom stereocenters. The van der Waals surface area contributed by atoms with Crippen LogP contribution in [-0.4, -0.2) is 29.7 Å². The Balaban J connectivity index is 1.93. The summed E-state index contributed by atoms with van der Waals surface area (Å²) in [4.78, 5) is 23.0. The molecule has 2 rings (SSSR count). The first kappa shape index (κ1) is 16.5. The molecule has 0 spiro atoms. The maximum atomic E-state index is 12.3. The Hall–Kier alpha value is -1.88. The summed E-state index contributed by atoms with van der Waals surface area (Å²) in [7, 11) is 0. The lowest BCUT2D eigenvalue weighted by Gasteiger charge is -2.28. The molecule has 1 aliphatic rings. The van der Waals surface area contributed by atoms with Gasteiger partial charge in [-0.3, -0.25) is 9.59 Å². The summed E-state index contributed by atoms with van der Waals surface area (Å²) in [5.41, 5.74) is 1.64. The first-order chi connectivity index (χ1) is 10.6. The van der Waals surface area contributed by atoms with E-state index in [-0.39, 0.29) is 24.3 Å². The SMILES string of the molecule is CCC1CC(C(=O)Nc2cccc(CCC(=O)O)c2)CCO1. The van der Waals surface area contributed by atoms with E-state index >= 15 is 0 Å². The van der Waals surface area contributed by atoms with Crippen molar-refractivity contribution in [3.8, 4) is 0 Å². The zero-order valence-electron chi connectivity index (χ0n) is 12.9. The van der Waals surface area contributed by atoms with Crippen LogP contribution in [0.25, 0.3) is 0 Å². The summed E-state index contributed by atoms with van der Waals surface area (Å²) < 4.78 is 5.60. The van der Waals surface area contributed by atoms with Crippen molar-refractivity contribution in [2.45, 2.75) is 45.1 Å². The van der Waals surface area contributed by atoms with Gasteiger partial charge in [-0.15, -0.1) is 0 Å². The molecule has 2 N–H and O–H groups in total. The Labute approximate surface area is 130 Å². The predicted octanol–water partition coefficient (Wildman–Crippen LogP) is 2.85. The van der Waals surface area contributed by atoms with Crippen LogP contribution in [0.1, 0.15) is 38.2 Å². The van der Waals surface area contributed by atoms with Gasteiger partial charge >= 0.3 is 5.97 Å². The van der Waals surface area contributed by atoms with E-state index in [1.165, 1.54) is 0 Å². The van der Waals surface area contributed by atoms with Gasteiger partial charge in [-0.25, -0.2) is 0 Å². The number of amides is 1. The smallest absolute Gasteiger partial charge is 0.303 e. The average molecular weight is 305 g/mol. The van der Waals surface area contributed by atoms with Gasteiger partial charge in [-0.1, -0.05) is 19.1 Å². The molecule has 1 fully saturated rings. The molecule has 1 amide bonds. The predicted molar refractivity (Wildman–Crippen MR) is 83.8 cm³/mol. The molecule has 2 unspecified atom stereocenters. The first-order valence-electron chi connectivity index (χ1n) is 7.81. The summed E-state index contributed by atoms with van der Waals surface area (Å²) in [5, 5.41) is 11.7. The minimum absolute atomic E-state index is 0.0126. The van der Waals surface area contributed by atoms with Crippen molar-refractivity contribution < 1.29 is 19.4 Å². The van der Waals surface area contributed by atoms with Gasteiger partial charge in [-0.05, 0) is 43.4 Å². The van der Waals surface area contributed by atoms with E-state index in [0.29, 0.717) is 13.0 Å². The third kappa shape index (κ3) is 4.84. The second kappa shape index (κ2) is 7.94. The Bertz CT molecular complexity index is 529. The number of carbonyl (C=O) groups excluding carboxylic acids is 1. The minimum atomic E-state index is -0.817. The van der Waals surface area contributed by atoms with E-state index in [9.17, 15) is 9.59 Å². The lowest BCUT2D eigenvalue weighted by atomic mass is 9.93. The third-order valence-electron chi connectivity index (χ3n) is 4.02. The number of hydrogen-bond acceptors (Lipinski definition) is 3. The highest BCUT2D eigenvalue weighted by Crippen LogP contribution is 2.24. The van der Waals surface area contributed by atoms with E-state index in [0.717, 1.165) is 30.5 Å². The molecule has 0 saturated carbocycles. The minimum Gasteiger partial charge on any atom is -0.481 e.